The number of aryl methyl sites for hydroxylation is 1. The summed E-state index contributed by atoms with van der Waals surface area (Å²) in [4.78, 5) is 23.3. The summed E-state index contributed by atoms with van der Waals surface area (Å²) >= 11 is 0. The van der Waals surface area contributed by atoms with Crippen LogP contribution in [0.5, 0.6) is 0 Å². The van der Waals surface area contributed by atoms with Gasteiger partial charge in [-0.1, -0.05) is 13.3 Å². The van der Waals surface area contributed by atoms with Gasteiger partial charge < -0.3 is 4.74 Å². The third-order valence-electron chi connectivity index (χ3n) is 2.31. The minimum atomic E-state index is -0.573. The zero-order chi connectivity index (χ0) is 13.0. The molecular weight excluding hydrogens is 234 g/mol. The lowest BCUT2D eigenvalue weighted by molar-refractivity contribution is 0.0587. The van der Waals surface area contributed by atoms with Crippen molar-refractivity contribution in [1.29, 1.82) is 0 Å². The Morgan fingerprint density at radius 2 is 2.22 bits per heavy atom. The number of ether oxygens (including phenoxy) is 1. The second-order valence-corrected chi connectivity index (χ2v) is 3.62. The number of carbonyl (C=O) groups is 1. The smallest absolute Gasteiger partial charge is 0.377 e. The van der Waals surface area contributed by atoms with Crippen LogP contribution in [0.15, 0.2) is 18.7 Å². The zero-order valence-corrected chi connectivity index (χ0v) is 10.2. The van der Waals surface area contributed by atoms with Crippen molar-refractivity contribution in [2.75, 3.05) is 7.11 Å². The van der Waals surface area contributed by atoms with Crippen molar-refractivity contribution >= 4 is 5.97 Å². The molecule has 18 heavy (non-hydrogen) atoms. The van der Waals surface area contributed by atoms with E-state index in [1.165, 1.54) is 24.4 Å². The molecule has 2 aromatic rings. The van der Waals surface area contributed by atoms with Crippen LogP contribution in [0.1, 0.15) is 29.7 Å². The lowest BCUT2D eigenvalue weighted by atomic mass is 10.2. The average Bonchev–Trinajstić information content (AvgIpc) is 2.88. The first-order chi connectivity index (χ1) is 8.74. The highest BCUT2D eigenvalue weighted by Crippen LogP contribution is 2.06. The maximum absolute atomic E-state index is 11.2. The first-order valence-electron chi connectivity index (χ1n) is 5.56. The van der Waals surface area contributed by atoms with Gasteiger partial charge in [0.1, 0.15) is 12.7 Å². The molecule has 0 aliphatic rings. The van der Waals surface area contributed by atoms with Crippen molar-refractivity contribution in [3.63, 3.8) is 0 Å². The molecule has 2 heterocycles. The molecule has 2 aromatic heterocycles. The third kappa shape index (κ3) is 2.50. The van der Waals surface area contributed by atoms with Crippen molar-refractivity contribution in [3.05, 3.63) is 30.2 Å². The molecule has 0 spiro atoms. The van der Waals surface area contributed by atoms with Gasteiger partial charge in [0.05, 0.1) is 7.11 Å². The lowest BCUT2D eigenvalue weighted by Gasteiger charge is -2.01. The quantitative estimate of drug-likeness (QED) is 0.743. The summed E-state index contributed by atoms with van der Waals surface area (Å²) < 4.78 is 5.96. The number of rotatable bonds is 4. The molecule has 7 nitrogen and oxygen atoms in total. The molecule has 94 valence electrons. The Bertz CT molecular complexity index is 552. The number of methoxy groups -OCH3 is 1. The molecular formula is C11H13N5O2. The van der Waals surface area contributed by atoms with Gasteiger partial charge in [0.2, 0.25) is 0 Å². The van der Waals surface area contributed by atoms with Gasteiger partial charge in [-0.05, 0) is 6.42 Å². The molecule has 0 radical (unpaired) electrons. The van der Waals surface area contributed by atoms with Crippen LogP contribution in [0, 0.1) is 0 Å². The summed E-state index contributed by atoms with van der Waals surface area (Å²) in [6, 6.07) is 1.82. The molecule has 0 aromatic carbocycles. The van der Waals surface area contributed by atoms with Gasteiger partial charge in [0, 0.05) is 11.8 Å². The zero-order valence-electron chi connectivity index (χ0n) is 10.2. The summed E-state index contributed by atoms with van der Waals surface area (Å²) in [7, 11) is 1.28. The van der Waals surface area contributed by atoms with E-state index in [-0.39, 0.29) is 5.82 Å². The maximum Gasteiger partial charge on any atom is 0.377 e. The third-order valence-corrected chi connectivity index (χ3v) is 2.31. The van der Waals surface area contributed by atoms with E-state index in [4.69, 9.17) is 0 Å². The predicted octanol–water partition coefficient (Wildman–Crippen LogP) is 0.796. The average molecular weight is 247 g/mol. The summed E-state index contributed by atoms with van der Waals surface area (Å²) in [5.41, 5.74) is 0.928. The van der Waals surface area contributed by atoms with Crippen LogP contribution in [0.3, 0.4) is 0 Å². The van der Waals surface area contributed by atoms with Crippen molar-refractivity contribution in [2.24, 2.45) is 0 Å². The molecule has 0 atom stereocenters. The summed E-state index contributed by atoms with van der Waals surface area (Å²) in [5.74, 6) is 0.0147. The van der Waals surface area contributed by atoms with Crippen LogP contribution in [-0.2, 0) is 11.2 Å². The predicted molar refractivity (Wildman–Crippen MR) is 62.3 cm³/mol. The highest BCUT2D eigenvalue weighted by Gasteiger charge is 2.12. The van der Waals surface area contributed by atoms with E-state index in [2.05, 4.69) is 31.7 Å². The number of aromatic nitrogens is 5. The van der Waals surface area contributed by atoms with E-state index < -0.39 is 5.97 Å². The Morgan fingerprint density at radius 3 is 2.94 bits per heavy atom. The van der Waals surface area contributed by atoms with Crippen molar-refractivity contribution < 1.29 is 9.53 Å². The molecule has 0 saturated heterocycles. The number of carbonyl (C=O) groups excluding carboxylic acids is 1. The summed E-state index contributed by atoms with van der Waals surface area (Å²) in [6.07, 6.45) is 4.76. The van der Waals surface area contributed by atoms with Gasteiger partial charge in [0.25, 0.3) is 5.82 Å². The maximum atomic E-state index is 11.2. The topological polar surface area (TPSA) is 82.8 Å². The first kappa shape index (κ1) is 12.2. The number of nitrogens with zero attached hydrogens (tertiary/aromatic N) is 5. The molecule has 7 heteroatoms. The molecule has 0 amide bonds. The van der Waals surface area contributed by atoms with Gasteiger partial charge in [-0.25, -0.2) is 24.4 Å². The van der Waals surface area contributed by atoms with E-state index in [0.29, 0.717) is 5.82 Å². The second kappa shape index (κ2) is 5.35. The Labute approximate surface area is 104 Å². The normalized spacial score (nSPS) is 10.3. The van der Waals surface area contributed by atoms with Crippen molar-refractivity contribution in [2.45, 2.75) is 19.8 Å². The van der Waals surface area contributed by atoms with E-state index in [9.17, 15) is 4.79 Å². The van der Waals surface area contributed by atoms with Gasteiger partial charge in [-0.2, -0.15) is 0 Å². The second-order valence-electron chi connectivity index (χ2n) is 3.62. The Kier molecular flexibility index (Phi) is 3.61. The highest BCUT2D eigenvalue weighted by molar-refractivity contribution is 5.84. The van der Waals surface area contributed by atoms with Crippen LogP contribution < -0.4 is 0 Å². The largest absolute Gasteiger partial charge is 0.463 e. The fraction of sp³-hybridized carbons (Fsp3) is 0.364. The van der Waals surface area contributed by atoms with Crippen LogP contribution in [0.4, 0.5) is 0 Å². The van der Waals surface area contributed by atoms with E-state index in [1.54, 1.807) is 0 Å². The fourth-order valence-corrected chi connectivity index (χ4v) is 1.46. The van der Waals surface area contributed by atoms with Gasteiger partial charge in [-0.15, -0.1) is 5.10 Å². The minimum Gasteiger partial charge on any atom is -0.463 e. The first-order valence-corrected chi connectivity index (χ1v) is 5.56. The van der Waals surface area contributed by atoms with E-state index >= 15 is 0 Å². The molecule has 0 N–H and O–H groups in total. The standard InChI is InChI=1S/C11H13N5O2/c1-3-4-8-5-9(13-6-12-8)16-7-14-10(15-16)11(17)18-2/h5-7H,3-4H2,1-2H3. The van der Waals surface area contributed by atoms with Gasteiger partial charge in [0.15, 0.2) is 5.82 Å². The molecule has 0 unspecified atom stereocenters. The molecule has 0 bridgehead atoms. The minimum absolute atomic E-state index is 0.00755. The Morgan fingerprint density at radius 1 is 1.39 bits per heavy atom. The van der Waals surface area contributed by atoms with Gasteiger partial charge in [-0.3, -0.25) is 0 Å². The monoisotopic (exact) mass is 247 g/mol. The van der Waals surface area contributed by atoms with Crippen LogP contribution in [-0.4, -0.2) is 37.8 Å². The summed E-state index contributed by atoms with van der Waals surface area (Å²) in [5, 5.41) is 3.99. The molecule has 0 aliphatic carbocycles. The van der Waals surface area contributed by atoms with Crippen molar-refractivity contribution in [1.82, 2.24) is 24.7 Å². The van der Waals surface area contributed by atoms with Crippen molar-refractivity contribution in [3.8, 4) is 5.82 Å². The van der Waals surface area contributed by atoms with Gasteiger partial charge >= 0.3 is 5.97 Å². The Hall–Kier alpha value is -2.31. The molecule has 2 rings (SSSR count). The number of hydrogen-bond acceptors (Lipinski definition) is 6. The number of esters is 1. The van der Waals surface area contributed by atoms with Crippen LogP contribution >= 0.6 is 0 Å². The lowest BCUT2D eigenvalue weighted by Crippen LogP contribution is -2.06. The number of hydrogen-bond donors (Lipinski definition) is 0. The highest BCUT2D eigenvalue weighted by atomic mass is 16.5. The fourth-order valence-electron chi connectivity index (χ4n) is 1.46. The molecule has 0 fully saturated rings. The van der Waals surface area contributed by atoms with E-state index in [1.807, 2.05) is 6.07 Å². The van der Waals surface area contributed by atoms with E-state index in [0.717, 1.165) is 18.5 Å². The Balaban J connectivity index is 2.28. The van der Waals surface area contributed by atoms with Crippen LogP contribution in [0.25, 0.3) is 5.82 Å². The SMILES string of the molecule is CCCc1cc(-n2cnc(C(=O)OC)n2)ncn1. The van der Waals surface area contributed by atoms with Crippen LogP contribution in [0.2, 0.25) is 0 Å². The molecule has 0 saturated carbocycles. The summed E-state index contributed by atoms with van der Waals surface area (Å²) in [6.45, 7) is 2.08. The molecule has 0 aliphatic heterocycles.